The smallest absolute Gasteiger partial charge is 0.335 e. The topological polar surface area (TPSA) is 183 Å². The molecule has 49 heavy (non-hydrogen) atoms. The zero-order valence-electron chi connectivity index (χ0n) is 27.3. The number of amides is 5. The van der Waals surface area contributed by atoms with Gasteiger partial charge in [-0.15, -0.1) is 80.4 Å². The van der Waals surface area contributed by atoms with Gasteiger partial charge in [0.25, 0.3) is 23.2 Å². The van der Waals surface area contributed by atoms with Gasteiger partial charge in [0.15, 0.2) is 5.78 Å². The van der Waals surface area contributed by atoms with Crippen LogP contribution in [0.3, 0.4) is 0 Å². The van der Waals surface area contributed by atoms with E-state index in [-0.39, 0.29) is 34.1 Å². The van der Waals surface area contributed by atoms with Gasteiger partial charge in [-0.3, -0.25) is 33.8 Å². The molecule has 0 bridgehead atoms. The molecule has 0 saturated heterocycles. The molecule has 0 aromatic heterocycles. The lowest BCUT2D eigenvalue weighted by atomic mass is 9.95. The molecule has 0 aromatic rings. The van der Waals surface area contributed by atoms with E-state index in [0.29, 0.717) is 5.45 Å². The van der Waals surface area contributed by atoms with E-state index in [1.807, 2.05) is 0 Å². The van der Waals surface area contributed by atoms with Gasteiger partial charge in [0.1, 0.15) is 23.8 Å². The summed E-state index contributed by atoms with van der Waals surface area (Å²) in [6.45, 7) is 6.20. The van der Waals surface area contributed by atoms with E-state index in [1.165, 1.54) is 27.9 Å². The van der Waals surface area contributed by atoms with Crippen LogP contribution in [0.1, 0.15) is 27.2 Å². The van der Waals surface area contributed by atoms with E-state index < -0.39 is 93.8 Å². The summed E-state index contributed by atoms with van der Waals surface area (Å²) in [4.78, 5) is 95.4. The Kier molecular flexibility index (Phi) is 26.6. The second kappa shape index (κ2) is 25.2. The van der Waals surface area contributed by atoms with Crippen LogP contribution in [-0.4, -0.2) is 87.8 Å². The molecule has 0 spiro atoms. The fourth-order valence-corrected chi connectivity index (χ4v) is 20.0. The van der Waals surface area contributed by atoms with Crippen LogP contribution >= 0.6 is 132 Å². The fraction of sp³-hybridized carbons (Fsp3) is 0.450. The van der Waals surface area contributed by atoms with Crippen molar-refractivity contribution in [3.8, 4) is 0 Å². The second-order valence-corrected chi connectivity index (χ2v) is 54.0. The number of carbonyl (C=O) groups excluding carboxylic acids is 7. The Balaban J connectivity index is 6.08. The molecule has 0 aromatic carbocycles. The summed E-state index contributed by atoms with van der Waals surface area (Å²) in [5, 5.41) is 10.4. The highest BCUT2D eigenvalue weighted by atomic mass is 33.0. The van der Waals surface area contributed by atoms with Crippen molar-refractivity contribution in [2.24, 2.45) is 4.99 Å². The Bertz CT molecular complexity index is 1380. The molecular weight excluding hydrogens is 932 g/mol. The highest BCUT2D eigenvalue weighted by Gasteiger charge is 2.40. The van der Waals surface area contributed by atoms with Crippen LogP contribution in [0, 0.1) is 0 Å². The number of likely N-dealkylation sites (N-methyl/N-ethyl adjacent to an activating group) is 1. The van der Waals surface area contributed by atoms with Crippen LogP contribution in [0.4, 0.5) is 0 Å². The minimum Gasteiger partial charge on any atom is -0.335 e. The number of Topliss-reactive ketones (excluding diaryl/α,β-unsaturated/α-hetero) is 2. The van der Waals surface area contributed by atoms with Crippen molar-refractivity contribution in [1.82, 2.24) is 21.3 Å². The van der Waals surface area contributed by atoms with Crippen molar-refractivity contribution in [2.45, 2.75) is 44.3 Å². The molecule has 0 fully saturated rings. The van der Waals surface area contributed by atoms with Crippen LogP contribution in [-0.2, 0) is 33.6 Å². The third-order valence-corrected chi connectivity index (χ3v) is 51.1. The first-order valence-corrected chi connectivity index (χ1v) is 39.2. The quantitative estimate of drug-likeness (QED) is 0.0454. The van der Waals surface area contributed by atoms with Gasteiger partial charge in [0.2, 0.25) is 11.6 Å². The van der Waals surface area contributed by atoms with E-state index in [1.54, 1.807) is 6.92 Å². The van der Waals surface area contributed by atoms with E-state index >= 15 is 0 Å². The highest BCUT2D eigenvalue weighted by Crippen LogP contribution is 2.91. The van der Waals surface area contributed by atoms with Gasteiger partial charge in [0, 0.05) is 21.7 Å². The maximum absolute atomic E-state index is 13.6. The first-order chi connectivity index (χ1) is 22.5. The lowest BCUT2D eigenvalue weighted by Gasteiger charge is -2.28. The molecule has 0 aliphatic heterocycles. The predicted molar refractivity (Wildman–Crippen MR) is 252 cm³/mol. The maximum Gasteiger partial charge on any atom is 0.414 e. The standard InChI is InChI=1S/C20H44N6O7P16/c1-7-9(27)10(28)20(3,4)25-14(32)19(43-34)26(6)18(33)17(45(35)36)23-11(29)8(2)22-13(31)16(46(37)47(38)39)24-12(30)15(21-5)44-49(42)48(40)41/h16-17,43-44H,2,7,34-42H2,1,3-6H3,(H3-,22,23,24,25,29,30,31,32)/p+1/t16-,17-,46?,49?/m0/s1. The Hall–Kier alpha value is 2.85. The van der Waals surface area contributed by atoms with E-state index in [2.05, 4.69) is 113 Å². The molecule has 0 heterocycles. The number of nitrogens with one attached hydrogen (secondary N) is 4. The Morgan fingerprint density at radius 2 is 1.41 bits per heavy atom. The first-order valence-electron chi connectivity index (χ1n) is 13.3. The zero-order chi connectivity index (χ0) is 38.5. The summed E-state index contributed by atoms with van der Waals surface area (Å²) in [6.07, 6.45) is -0.0197. The summed E-state index contributed by atoms with van der Waals surface area (Å²) >= 11 is 0. The summed E-state index contributed by atoms with van der Waals surface area (Å²) in [5.41, 5.74) is -1.54. The Morgan fingerprint density at radius 1 is 0.878 bits per heavy atom. The van der Waals surface area contributed by atoms with Crippen LogP contribution in [0.15, 0.2) is 17.3 Å². The maximum atomic E-state index is 13.6. The molecule has 0 radical (unpaired) electrons. The van der Waals surface area contributed by atoms with Gasteiger partial charge in [-0.1, -0.05) is 13.5 Å². The molecule has 13 nitrogen and oxygen atoms in total. The van der Waals surface area contributed by atoms with Gasteiger partial charge in [0.05, 0.1) is 5.70 Å². The third kappa shape index (κ3) is 17.3. The molecule has 0 rings (SSSR count). The van der Waals surface area contributed by atoms with Crippen LogP contribution in [0.5, 0.6) is 0 Å². The lowest BCUT2D eigenvalue weighted by molar-refractivity contribution is -0.415. The number of carbonyl (C=O) groups is 7. The summed E-state index contributed by atoms with van der Waals surface area (Å²) in [5.74, 6) is -6.92. The molecule has 4 N–H and O–H groups in total. The predicted octanol–water partition coefficient (Wildman–Crippen LogP) is 5.16. The summed E-state index contributed by atoms with van der Waals surface area (Å²) in [7, 11) is 23.7. The molecule has 0 aliphatic carbocycles. The minimum atomic E-state index is -1.51. The number of rotatable bonds is 19. The average molecular weight is 977 g/mol. The molecule has 0 saturated carbocycles. The minimum absolute atomic E-state index is 0.00589. The van der Waals surface area contributed by atoms with Gasteiger partial charge < -0.3 is 21.3 Å². The zero-order valence-corrected chi connectivity index (χ0v) is 44.1. The van der Waals surface area contributed by atoms with Gasteiger partial charge in [-0.2, -0.15) is 4.58 Å². The molecular formula is C20H45N6O7P16+. The van der Waals surface area contributed by atoms with Crippen molar-refractivity contribution in [3.05, 3.63) is 12.3 Å². The van der Waals surface area contributed by atoms with Crippen LogP contribution < -0.4 is 21.3 Å². The fourth-order valence-electron chi connectivity index (χ4n) is 3.21. The van der Waals surface area contributed by atoms with Gasteiger partial charge >= 0.3 is 11.8 Å². The second-order valence-electron chi connectivity index (χ2n) is 9.91. The number of ketones is 2. The normalized spacial score (nSPS) is 15.6. The average Bonchev–Trinajstić information content (AvgIpc) is 3.02. The SMILES string of the molecule is C=C(NC(=O)[C@@H](NC(=O)C(=NC)PP(P)P(P)P)P(P)P(P)P)C(=O)N[C@H](C(=O)[N+](C)=C(PP)C(=O)NC(C)(C)C(=O)C(=O)CC)P(P)P. The molecule has 13 unspecified atom stereocenters. The number of hydrogen-bond acceptors (Lipinski definition) is 8. The van der Waals surface area contributed by atoms with Crippen LogP contribution in [0.25, 0.3) is 0 Å². The van der Waals surface area contributed by atoms with E-state index in [4.69, 9.17) is 0 Å². The van der Waals surface area contributed by atoms with Gasteiger partial charge in [-0.05, 0) is 57.7 Å². The molecule has 29 heteroatoms. The number of aliphatic imine (C=N–C) groups is 1. The molecule has 15 atom stereocenters. The largest absolute Gasteiger partial charge is 0.414 e. The number of nitrogens with zero attached hydrogens (tertiary/aromatic N) is 2. The van der Waals surface area contributed by atoms with Crippen LogP contribution in [0.2, 0.25) is 0 Å². The lowest BCUT2D eigenvalue weighted by Crippen LogP contribution is -2.55. The molecule has 0 aliphatic rings. The van der Waals surface area contributed by atoms with Crippen molar-refractivity contribution >= 4 is 184 Å². The monoisotopic (exact) mass is 977 g/mol. The van der Waals surface area contributed by atoms with Gasteiger partial charge in [-0.25, -0.2) is 4.79 Å². The van der Waals surface area contributed by atoms with Crippen molar-refractivity contribution in [1.29, 1.82) is 0 Å². The molecule has 5 amide bonds. The third-order valence-electron chi connectivity index (χ3n) is 5.89. The first kappa shape index (κ1) is 51.9. The summed E-state index contributed by atoms with van der Waals surface area (Å²) in [6, 6.07) is 0. The molecule has 276 valence electrons. The van der Waals surface area contributed by atoms with Crippen molar-refractivity contribution in [2.75, 3.05) is 14.1 Å². The van der Waals surface area contributed by atoms with E-state index in [0.717, 1.165) is 4.58 Å². The van der Waals surface area contributed by atoms with Crippen molar-refractivity contribution in [3.63, 3.8) is 0 Å². The highest BCUT2D eigenvalue weighted by molar-refractivity contribution is 8.95. The van der Waals surface area contributed by atoms with Crippen molar-refractivity contribution < 1.29 is 38.1 Å². The summed E-state index contributed by atoms with van der Waals surface area (Å²) < 4.78 is 1.08. The Labute approximate surface area is 317 Å². The Morgan fingerprint density at radius 3 is 1.84 bits per heavy atom. The van der Waals surface area contributed by atoms with E-state index in [9.17, 15) is 33.6 Å². The number of hydrogen-bond donors (Lipinski definition) is 4.